The van der Waals surface area contributed by atoms with Gasteiger partial charge in [-0.15, -0.1) is 0 Å². The summed E-state index contributed by atoms with van der Waals surface area (Å²) >= 11 is 0. The van der Waals surface area contributed by atoms with Crippen LogP contribution in [-0.4, -0.2) is 18.4 Å². The second kappa shape index (κ2) is 5.87. The number of amides is 2. The standard InChI is InChI=1S/C15H20N2O2/c1-3-4-7-10-17-13-9-6-5-8-12(13)14(15(17)19)16-11(2)18/h5-6,8-9,14H,3-4,7,10H2,1-2H3,(H,16,18)/t14-/m1/s1. The Morgan fingerprint density at radius 1 is 1.32 bits per heavy atom. The molecule has 0 fully saturated rings. The van der Waals surface area contributed by atoms with Gasteiger partial charge in [0.2, 0.25) is 5.91 Å². The van der Waals surface area contributed by atoms with Crippen molar-refractivity contribution >= 4 is 17.5 Å². The zero-order valence-corrected chi connectivity index (χ0v) is 11.5. The zero-order chi connectivity index (χ0) is 13.8. The van der Waals surface area contributed by atoms with Gasteiger partial charge in [0, 0.05) is 24.7 Å². The first-order chi connectivity index (χ1) is 9.15. The molecule has 19 heavy (non-hydrogen) atoms. The Morgan fingerprint density at radius 2 is 2.05 bits per heavy atom. The van der Waals surface area contributed by atoms with E-state index < -0.39 is 6.04 Å². The van der Waals surface area contributed by atoms with Crippen LogP contribution in [0.1, 0.15) is 44.7 Å². The largest absolute Gasteiger partial charge is 0.341 e. The summed E-state index contributed by atoms with van der Waals surface area (Å²) < 4.78 is 0. The molecule has 1 aliphatic rings. The Balaban J connectivity index is 2.22. The number of hydrogen-bond acceptors (Lipinski definition) is 2. The summed E-state index contributed by atoms with van der Waals surface area (Å²) in [5.74, 6) is -0.198. The first-order valence-electron chi connectivity index (χ1n) is 6.82. The molecule has 1 aliphatic heterocycles. The van der Waals surface area contributed by atoms with E-state index in [1.807, 2.05) is 24.3 Å². The number of nitrogens with one attached hydrogen (secondary N) is 1. The van der Waals surface area contributed by atoms with Crippen molar-refractivity contribution in [3.63, 3.8) is 0 Å². The minimum atomic E-state index is -0.518. The highest BCUT2D eigenvalue weighted by Gasteiger charge is 2.36. The van der Waals surface area contributed by atoms with Gasteiger partial charge < -0.3 is 10.2 Å². The molecule has 4 heteroatoms. The van der Waals surface area contributed by atoms with Crippen LogP contribution in [0.3, 0.4) is 0 Å². The lowest BCUT2D eigenvalue weighted by Crippen LogP contribution is -2.37. The Bertz CT molecular complexity index is 485. The minimum Gasteiger partial charge on any atom is -0.341 e. The fraction of sp³-hybridized carbons (Fsp3) is 0.467. The van der Waals surface area contributed by atoms with Crippen LogP contribution >= 0.6 is 0 Å². The van der Waals surface area contributed by atoms with Crippen molar-refractivity contribution in [2.75, 3.05) is 11.4 Å². The topological polar surface area (TPSA) is 49.4 Å². The van der Waals surface area contributed by atoms with E-state index in [4.69, 9.17) is 0 Å². The Hall–Kier alpha value is -1.84. The Labute approximate surface area is 113 Å². The summed E-state index contributed by atoms with van der Waals surface area (Å²) in [7, 11) is 0. The van der Waals surface area contributed by atoms with Gasteiger partial charge in [0.05, 0.1) is 0 Å². The van der Waals surface area contributed by atoms with Crippen molar-refractivity contribution in [2.45, 2.75) is 39.2 Å². The quantitative estimate of drug-likeness (QED) is 0.826. The van der Waals surface area contributed by atoms with E-state index >= 15 is 0 Å². The van der Waals surface area contributed by atoms with Gasteiger partial charge in [-0.1, -0.05) is 38.0 Å². The molecule has 0 bridgehead atoms. The second-order valence-corrected chi connectivity index (χ2v) is 4.89. The SMILES string of the molecule is CCCCCN1C(=O)[C@H](NC(C)=O)c2ccccc21. The maximum absolute atomic E-state index is 12.4. The van der Waals surface area contributed by atoms with Gasteiger partial charge in [0.15, 0.2) is 0 Å². The normalized spacial score (nSPS) is 17.5. The average molecular weight is 260 g/mol. The van der Waals surface area contributed by atoms with Crippen LogP contribution in [0.5, 0.6) is 0 Å². The summed E-state index contributed by atoms with van der Waals surface area (Å²) in [5.41, 5.74) is 1.83. The number of rotatable bonds is 5. The summed E-state index contributed by atoms with van der Waals surface area (Å²) in [6.45, 7) is 4.30. The van der Waals surface area contributed by atoms with Crippen LogP contribution in [-0.2, 0) is 9.59 Å². The lowest BCUT2D eigenvalue weighted by molar-refractivity contribution is -0.126. The number of anilines is 1. The van der Waals surface area contributed by atoms with Crippen LogP contribution in [0.4, 0.5) is 5.69 Å². The highest BCUT2D eigenvalue weighted by Crippen LogP contribution is 2.35. The summed E-state index contributed by atoms with van der Waals surface area (Å²) in [5, 5.41) is 2.74. The van der Waals surface area contributed by atoms with E-state index in [0.717, 1.165) is 37.1 Å². The molecule has 0 spiro atoms. The number of nitrogens with zero attached hydrogens (tertiary/aromatic N) is 1. The third-order valence-electron chi connectivity index (χ3n) is 3.38. The lowest BCUT2D eigenvalue weighted by atomic mass is 10.1. The number of unbranched alkanes of at least 4 members (excludes halogenated alkanes) is 2. The molecular formula is C15H20N2O2. The van der Waals surface area contributed by atoms with Crippen molar-refractivity contribution in [2.24, 2.45) is 0 Å². The van der Waals surface area contributed by atoms with Crippen molar-refractivity contribution in [3.8, 4) is 0 Å². The molecule has 2 rings (SSSR count). The van der Waals surface area contributed by atoms with E-state index in [2.05, 4.69) is 12.2 Å². The smallest absolute Gasteiger partial charge is 0.254 e. The van der Waals surface area contributed by atoms with Crippen molar-refractivity contribution < 1.29 is 9.59 Å². The maximum Gasteiger partial charge on any atom is 0.254 e. The first kappa shape index (κ1) is 13.6. The van der Waals surface area contributed by atoms with Crippen LogP contribution in [0.25, 0.3) is 0 Å². The molecule has 0 aromatic heterocycles. The fourth-order valence-corrected chi connectivity index (χ4v) is 2.48. The molecule has 1 N–H and O–H groups in total. The molecular weight excluding hydrogens is 240 g/mol. The maximum atomic E-state index is 12.4. The first-order valence-corrected chi connectivity index (χ1v) is 6.82. The fourth-order valence-electron chi connectivity index (χ4n) is 2.48. The molecule has 0 unspecified atom stereocenters. The third-order valence-corrected chi connectivity index (χ3v) is 3.38. The predicted octanol–water partition coefficient (Wildman–Crippen LogP) is 2.40. The zero-order valence-electron chi connectivity index (χ0n) is 11.5. The van der Waals surface area contributed by atoms with E-state index in [9.17, 15) is 9.59 Å². The summed E-state index contributed by atoms with van der Waals surface area (Å²) in [4.78, 5) is 25.4. The van der Waals surface area contributed by atoms with Gasteiger partial charge in [0.1, 0.15) is 6.04 Å². The van der Waals surface area contributed by atoms with E-state index in [0.29, 0.717) is 0 Å². The van der Waals surface area contributed by atoms with Gasteiger partial charge >= 0.3 is 0 Å². The van der Waals surface area contributed by atoms with Gasteiger partial charge in [-0.2, -0.15) is 0 Å². The van der Waals surface area contributed by atoms with E-state index in [1.165, 1.54) is 6.92 Å². The Morgan fingerprint density at radius 3 is 2.74 bits per heavy atom. The van der Waals surface area contributed by atoms with Gasteiger partial charge in [-0.25, -0.2) is 0 Å². The number of carbonyl (C=O) groups excluding carboxylic acids is 2. The highest BCUT2D eigenvalue weighted by molar-refractivity contribution is 6.06. The number of hydrogen-bond donors (Lipinski definition) is 1. The van der Waals surface area contributed by atoms with Gasteiger partial charge in [-0.05, 0) is 12.5 Å². The molecule has 1 aromatic carbocycles. The van der Waals surface area contributed by atoms with Gasteiger partial charge in [-0.3, -0.25) is 9.59 Å². The number of fused-ring (bicyclic) bond motifs is 1. The van der Waals surface area contributed by atoms with Gasteiger partial charge in [0.25, 0.3) is 5.91 Å². The average Bonchev–Trinajstić information content (AvgIpc) is 2.64. The van der Waals surface area contributed by atoms with Crippen molar-refractivity contribution in [1.82, 2.24) is 5.32 Å². The predicted molar refractivity (Wildman–Crippen MR) is 74.9 cm³/mol. The minimum absolute atomic E-state index is 0.0208. The lowest BCUT2D eigenvalue weighted by Gasteiger charge is -2.17. The van der Waals surface area contributed by atoms with Crippen molar-refractivity contribution in [3.05, 3.63) is 29.8 Å². The Kier molecular flexibility index (Phi) is 4.20. The molecule has 1 aromatic rings. The van der Waals surface area contributed by atoms with Crippen LogP contribution in [0.2, 0.25) is 0 Å². The number of benzene rings is 1. The molecule has 0 saturated carbocycles. The molecule has 4 nitrogen and oxygen atoms in total. The van der Waals surface area contributed by atoms with Crippen LogP contribution in [0, 0.1) is 0 Å². The summed E-state index contributed by atoms with van der Waals surface area (Å²) in [6.07, 6.45) is 3.22. The molecule has 1 atom stereocenters. The molecule has 1 heterocycles. The number of carbonyl (C=O) groups is 2. The van der Waals surface area contributed by atoms with E-state index in [-0.39, 0.29) is 11.8 Å². The highest BCUT2D eigenvalue weighted by atomic mass is 16.2. The summed E-state index contributed by atoms with van der Waals surface area (Å²) in [6, 6.07) is 7.16. The molecule has 102 valence electrons. The number of para-hydroxylation sites is 1. The molecule has 0 saturated heterocycles. The third kappa shape index (κ3) is 2.78. The van der Waals surface area contributed by atoms with Crippen LogP contribution in [0.15, 0.2) is 24.3 Å². The molecule has 0 radical (unpaired) electrons. The van der Waals surface area contributed by atoms with Crippen LogP contribution < -0.4 is 10.2 Å². The molecule has 0 aliphatic carbocycles. The monoisotopic (exact) mass is 260 g/mol. The van der Waals surface area contributed by atoms with Crippen molar-refractivity contribution in [1.29, 1.82) is 0 Å². The van der Waals surface area contributed by atoms with E-state index in [1.54, 1.807) is 4.90 Å². The molecule has 2 amide bonds. The second-order valence-electron chi connectivity index (χ2n) is 4.89.